The molecule has 0 unspecified atom stereocenters. The van der Waals surface area contributed by atoms with Gasteiger partial charge in [0.1, 0.15) is 12.9 Å². The molecule has 0 radical (unpaired) electrons. The lowest BCUT2D eigenvalue weighted by atomic mass is 10.3. The Hall–Kier alpha value is -1.35. The van der Waals surface area contributed by atoms with Crippen molar-refractivity contribution in [2.24, 2.45) is 0 Å². The van der Waals surface area contributed by atoms with Crippen LogP contribution in [0.25, 0.3) is 0 Å². The second kappa shape index (κ2) is 6.40. The van der Waals surface area contributed by atoms with E-state index in [0.29, 0.717) is 0 Å². The molecule has 0 saturated carbocycles. The second-order valence-electron chi connectivity index (χ2n) is 3.05. The van der Waals surface area contributed by atoms with Crippen LogP contribution in [0.3, 0.4) is 0 Å². The number of aliphatic hydroxyl groups is 1. The van der Waals surface area contributed by atoms with E-state index in [9.17, 15) is 0 Å². The lowest BCUT2D eigenvalue weighted by molar-refractivity contribution is 0.350. The van der Waals surface area contributed by atoms with Gasteiger partial charge in [-0.2, -0.15) is 0 Å². The molecule has 0 bridgehead atoms. The van der Waals surface area contributed by atoms with Crippen LogP contribution in [0.4, 0.5) is 0 Å². The fourth-order valence-corrected chi connectivity index (χ4v) is 2.98. The molecule has 0 aliphatic carbocycles. The highest BCUT2D eigenvalue weighted by atomic mass is 32.2. The molecule has 0 aromatic carbocycles. The van der Waals surface area contributed by atoms with Crippen molar-refractivity contribution in [1.29, 1.82) is 0 Å². The maximum atomic E-state index is 8.67. The lowest BCUT2D eigenvalue weighted by Gasteiger charge is -1.98. The van der Waals surface area contributed by atoms with Crippen molar-refractivity contribution in [1.82, 2.24) is 9.97 Å². The molecule has 1 N–H and O–H groups in total. The largest absolute Gasteiger partial charge is 0.384 e. The van der Waals surface area contributed by atoms with Crippen molar-refractivity contribution in [3.8, 4) is 11.8 Å². The van der Waals surface area contributed by atoms with Crippen LogP contribution in [0.1, 0.15) is 10.4 Å². The minimum absolute atomic E-state index is 0.103. The molecule has 0 aliphatic rings. The molecule has 3 nitrogen and oxygen atoms in total. The predicted octanol–water partition coefficient (Wildman–Crippen LogP) is 2.17. The third kappa shape index (κ3) is 3.56. The Labute approximate surface area is 108 Å². The van der Waals surface area contributed by atoms with Crippen LogP contribution >= 0.6 is 23.1 Å². The van der Waals surface area contributed by atoms with E-state index in [-0.39, 0.29) is 6.61 Å². The Bertz CT molecular complexity index is 528. The first kappa shape index (κ1) is 12.1. The number of hydrogen-bond acceptors (Lipinski definition) is 5. The van der Waals surface area contributed by atoms with Gasteiger partial charge < -0.3 is 5.11 Å². The number of nitrogens with zero attached hydrogens (tertiary/aromatic N) is 2. The smallest absolute Gasteiger partial charge is 0.116 e. The molecule has 0 atom stereocenters. The maximum Gasteiger partial charge on any atom is 0.116 e. The number of rotatable bonds is 3. The normalized spacial score (nSPS) is 9.71. The summed E-state index contributed by atoms with van der Waals surface area (Å²) in [6.45, 7) is -0.103. The Morgan fingerprint density at radius 1 is 1.41 bits per heavy atom. The zero-order valence-electron chi connectivity index (χ0n) is 8.96. The molecule has 86 valence electrons. The summed E-state index contributed by atoms with van der Waals surface area (Å²) < 4.78 is 0. The van der Waals surface area contributed by atoms with Gasteiger partial charge in [0.05, 0.1) is 5.03 Å². The summed E-state index contributed by atoms with van der Waals surface area (Å²) in [6.07, 6.45) is 3.28. The summed E-state index contributed by atoms with van der Waals surface area (Å²) in [5.41, 5.74) is 0.991. The summed E-state index contributed by atoms with van der Waals surface area (Å²) in [5, 5.41) is 11.6. The van der Waals surface area contributed by atoms with Gasteiger partial charge in [0.25, 0.3) is 0 Å². The number of aliphatic hydroxyl groups excluding tert-OH is 1. The quantitative estimate of drug-likeness (QED) is 0.523. The van der Waals surface area contributed by atoms with Gasteiger partial charge in [-0.15, -0.1) is 23.1 Å². The van der Waals surface area contributed by atoms with Crippen molar-refractivity contribution in [3.63, 3.8) is 0 Å². The molecular formula is C12H10N2OS2. The van der Waals surface area contributed by atoms with E-state index in [1.807, 2.05) is 17.5 Å². The fraction of sp³-hybridized carbons (Fsp3) is 0.167. The number of thioether (sulfide) groups is 1. The Balaban J connectivity index is 2.02. The minimum atomic E-state index is -0.103. The highest BCUT2D eigenvalue weighted by Gasteiger charge is 2.03. The topological polar surface area (TPSA) is 46.0 Å². The van der Waals surface area contributed by atoms with Crippen molar-refractivity contribution in [2.75, 3.05) is 6.61 Å². The summed E-state index contributed by atoms with van der Waals surface area (Å²) >= 11 is 3.33. The third-order valence-corrected chi connectivity index (χ3v) is 4.03. The highest BCUT2D eigenvalue weighted by Crippen LogP contribution is 2.25. The first-order chi connectivity index (χ1) is 8.40. The third-order valence-electron chi connectivity index (χ3n) is 1.95. The van der Waals surface area contributed by atoms with E-state index in [1.54, 1.807) is 35.6 Å². The molecule has 2 aromatic heterocycles. The van der Waals surface area contributed by atoms with Crippen LogP contribution in [-0.4, -0.2) is 21.7 Å². The van der Waals surface area contributed by atoms with Crippen LogP contribution in [-0.2, 0) is 5.75 Å². The fourth-order valence-electron chi connectivity index (χ4n) is 1.20. The standard InChI is InChI=1S/C12H10N2OS2/c15-6-1-2-10-4-7-16-11(10)8-17-12-3-5-13-9-14-12/h3-5,7,9,15H,6,8H2. The van der Waals surface area contributed by atoms with Crippen molar-refractivity contribution >= 4 is 23.1 Å². The molecule has 17 heavy (non-hydrogen) atoms. The minimum Gasteiger partial charge on any atom is -0.384 e. The van der Waals surface area contributed by atoms with E-state index < -0.39 is 0 Å². The summed E-state index contributed by atoms with van der Waals surface area (Å²) in [4.78, 5) is 9.23. The summed E-state index contributed by atoms with van der Waals surface area (Å²) in [5.74, 6) is 6.45. The van der Waals surface area contributed by atoms with Gasteiger partial charge in [-0.1, -0.05) is 11.8 Å². The van der Waals surface area contributed by atoms with Gasteiger partial charge in [-0.3, -0.25) is 0 Å². The molecule has 0 fully saturated rings. The maximum absolute atomic E-state index is 8.67. The molecule has 5 heteroatoms. The first-order valence-corrected chi connectivity index (χ1v) is 6.81. The molecular weight excluding hydrogens is 252 g/mol. The van der Waals surface area contributed by atoms with E-state index in [2.05, 4.69) is 21.8 Å². The molecule has 0 aliphatic heterocycles. The summed E-state index contributed by atoms with van der Waals surface area (Å²) in [7, 11) is 0. The van der Waals surface area contributed by atoms with Gasteiger partial charge in [0.2, 0.25) is 0 Å². The second-order valence-corrected chi connectivity index (χ2v) is 5.05. The molecule has 2 heterocycles. The van der Waals surface area contributed by atoms with Crippen molar-refractivity contribution < 1.29 is 5.11 Å². The first-order valence-electron chi connectivity index (χ1n) is 4.95. The van der Waals surface area contributed by atoms with Crippen LogP contribution in [0.15, 0.2) is 35.1 Å². The molecule has 2 aromatic rings. The lowest BCUT2D eigenvalue weighted by Crippen LogP contribution is -1.84. The molecule has 0 amide bonds. The van der Waals surface area contributed by atoms with E-state index >= 15 is 0 Å². The van der Waals surface area contributed by atoms with E-state index in [4.69, 9.17) is 5.11 Å². The molecule has 2 rings (SSSR count). The van der Waals surface area contributed by atoms with Gasteiger partial charge in [0, 0.05) is 22.4 Å². The van der Waals surface area contributed by atoms with E-state index in [1.165, 1.54) is 4.88 Å². The number of thiophene rings is 1. The Morgan fingerprint density at radius 3 is 3.12 bits per heavy atom. The van der Waals surface area contributed by atoms with E-state index in [0.717, 1.165) is 16.3 Å². The molecule has 0 saturated heterocycles. The average molecular weight is 262 g/mol. The zero-order valence-corrected chi connectivity index (χ0v) is 10.6. The van der Waals surface area contributed by atoms with Crippen LogP contribution in [0.2, 0.25) is 0 Å². The Kier molecular flexibility index (Phi) is 4.56. The van der Waals surface area contributed by atoms with Crippen LogP contribution in [0.5, 0.6) is 0 Å². The van der Waals surface area contributed by atoms with Crippen LogP contribution < -0.4 is 0 Å². The van der Waals surface area contributed by atoms with Gasteiger partial charge >= 0.3 is 0 Å². The predicted molar refractivity (Wildman–Crippen MR) is 69.9 cm³/mol. The monoisotopic (exact) mass is 262 g/mol. The SMILES string of the molecule is OCC#Cc1ccsc1CSc1ccncn1. The number of hydrogen-bond donors (Lipinski definition) is 1. The van der Waals surface area contributed by atoms with Crippen molar-refractivity contribution in [2.45, 2.75) is 10.8 Å². The van der Waals surface area contributed by atoms with Gasteiger partial charge in [-0.25, -0.2) is 9.97 Å². The van der Waals surface area contributed by atoms with Crippen LogP contribution in [0, 0.1) is 11.8 Å². The molecule has 0 spiro atoms. The van der Waals surface area contributed by atoms with Gasteiger partial charge in [-0.05, 0) is 17.5 Å². The van der Waals surface area contributed by atoms with Gasteiger partial charge in [0.15, 0.2) is 0 Å². The summed E-state index contributed by atoms with van der Waals surface area (Å²) in [6, 6.07) is 3.86. The zero-order chi connectivity index (χ0) is 11.9. The Morgan fingerprint density at radius 2 is 2.35 bits per heavy atom. The number of aromatic nitrogens is 2. The highest BCUT2D eigenvalue weighted by molar-refractivity contribution is 7.98. The average Bonchev–Trinajstić information content (AvgIpc) is 2.82. The van der Waals surface area contributed by atoms with Crippen molar-refractivity contribution in [3.05, 3.63) is 40.5 Å².